The molecule has 26 heavy (non-hydrogen) atoms. The summed E-state index contributed by atoms with van der Waals surface area (Å²) in [5, 5.41) is 7.08. The van der Waals surface area contributed by atoms with Crippen molar-refractivity contribution in [1.82, 2.24) is 10.6 Å². The van der Waals surface area contributed by atoms with Crippen molar-refractivity contribution < 1.29 is 9.47 Å². The summed E-state index contributed by atoms with van der Waals surface area (Å²) >= 11 is 0. The number of aliphatic imine (C=N–C) groups is 1. The van der Waals surface area contributed by atoms with E-state index in [1.54, 1.807) is 14.2 Å². The molecule has 0 spiro atoms. The van der Waals surface area contributed by atoms with Crippen molar-refractivity contribution in [3.8, 4) is 11.5 Å². The van der Waals surface area contributed by atoms with Crippen LogP contribution in [-0.2, 0) is 0 Å². The predicted octanol–water partition coefficient (Wildman–Crippen LogP) is 2.86. The molecule has 1 heterocycles. The first-order valence-electron chi connectivity index (χ1n) is 9.10. The number of rotatable bonds is 5. The number of anilines is 1. The molecule has 0 radical (unpaired) electrons. The molecular weight excluding hydrogens is 443 g/mol. The van der Waals surface area contributed by atoms with Gasteiger partial charge in [0.25, 0.3) is 0 Å². The molecule has 1 aromatic rings. The second-order valence-corrected chi connectivity index (χ2v) is 7.01. The van der Waals surface area contributed by atoms with Gasteiger partial charge in [0.15, 0.2) is 5.96 Å². The Kier molecular flexibility index (Phi) is 7.67. The molecule has 0 bridgehead atoms. The Hall–Kier alpha value is -1.38. The van der Waals surface area contributed by atoms with Gasteiger partial charge in [-0.2, -0.15) is 0 Å². The molecule has 1 aliphatic heterocycles. The maximum absolute atomic E-state index is 5.38. The van der Waals surface area contributed by atoms with E-state index in [4.69, 9.17) is 9.47 Å². The third-order valence-electron chi connectivity index (χ3n) is 5.19. The Morgan fingerprint density at radius 3 is 2.12 bits per heavy atom. The van der Waals surface area contributed by atoms with E-state index < -0.39 is 0 Å². The van der Waals surface area contributed by atoms with Gasteiger partial charge in [0.2, 0.25) is 0 Å². The van der Waals surface area contributed by atoms with Crippen LogP contribution in [0.4, 0.5) is 5.69 Å². The van der Waals surface area contributed by atoms with Crippen molar-refractivity contribution in [2.24, 2.45) is 10.9 Å². The first-order valence-corrected chi connectivity index (χ1v) is 9.10. The van der Waals surface area contributed by atoms with E-state index in [2.05, 4.69) is 39.6 Å². The molecule has 7 heteroatoms. The smallest absolute Gasteiger partial charge is 0.191 e. The first-order chi connectivity index (χ1) is 12.1. The molecule has 2 atom stereocenters. The molecular formula is C19H31IN4O2. The van der Waals surface area contributed by atoms with E-state index in [9.17, 15) is 0 Å². The highest BCUT2D eigenvalue weighted by Crippen LogP contribution is 2.30. The van der Waals surface area contributed by atoms with Gasteiger partial charge in [-0.15, -0.1) is 24.0 Å². The minimum atomic E-state index is 0. The Morgan fingerprint density at radius 1 is 1.08 bits per heavy atom. The lowest BCUT2D eigenvalue weighted by atomic mass is 10.0. The monoisotopic (exact) mass is 474 g/mol. The summed E-state index contributed by atoms with van der Waals surface area (Å²) < 4.78 is 10.8. The van der Waals surface area contributed by atoms with Crippen LogP contribution in [-0.4, -0.2) is 52.4 Å². The van der Waals surface area contributed by atoms with Gasteiger partial charge in [-0.1, -0.05) is 6.92 Å². The van der Waals surface area contributed by atoms with Gasteiger partial charge in [0, 0.05) is 56.1 Å². The van der Waals surface area contributed by atoms with Crippen molar-refractivity contribution in [3.05, 3.63) is 18.2 Å². The number of benzene rings is 1. The number of halogens is 1. The summed E-state index contributed by atoms with van der Waals surface area (Å²) in [6.45, 7) is 4.28. The molecule has 1 saturated heterocycles. The normalized spacial score (nSPS) is 23.1. The second kappa shape index (κ2) is 9.53. The summed E-state index contributed by atoms with van der Waals surface area (Å²) in [7, 11) is 5.22. The number of nitrogens with zero attached hydrogens (tertiary/aromatic N) is 2. The third-order valence-corrected chi connectivity index (χ3v) is 5.19. The maximum atomic E-state index is 5.38. The summed E-state index contributed by atoms with van der Waals surface area (Å²) in [5.74, 6) is 3.37. The van der Waals surface area contributed by atoms with Crippen molar-refractivity contribution >= 4 is 35.6 Å². The zero-order valence-electron chi connectivity index (χ0n) is 16.1. The SMILES string of the molecule is CN=C(NC1CCN(c2cc(OC)cc(OC)c2)CC1)NC1CC1C.I. The van der Waals surface area contributed by atoms with E-state index in [1.807, 2.05) is 13.1 Å². The number of hydrogen-bond acceptors (Lipinski definition) is 4. The number of methoxy groups -OCH3 is 2. The molecule has 2 unspecified atom stereocenters. The quantitative estimate of drug-likeness (QED) is 0.391. The molecule has 0 aromatic heterocycles. The average Bonchev–Trinajstić information content (AvgIpc) is 3.35. The molecule has 3 rings (SSSR count). The standard InChI is InChI=1S/C19H30N4O2.HI/c1-13-9-18(13)22-19(20-2)21-14-5-7-23(8-6-14)15-10-16(24-3)12-17(11-15)25-4;/h10-14,18H,5-9H2,1-4H3,(H2,20,21,22);1H. The van der Waals surface area contributed by atoms with Crippen LogP contribution in [0.5, 0.6) is 11.5 Å². The van der Waals surface area contributed by atoms with E-state index in [1.165, 1.54) is 6.42 Å². The summed E-state index contributed by atoms with van der Waals surface area (Å²) in [6.07, 6.45) is 3.41. The van der Waals surface area contributed by atoms with E-state index >= 15 is 0 Å². The highest BCUT2D eigenvalue weighted by Gasteiger charge is 2.33. The average molecular weight is 474 g/mol. The fourth-order valence-corrected chi connectivity index (χ4v) is 3.32. The lowest BCUT2D eigenvalue weighted by molar-refractivity contribution is 0.393. The molecule has 0 amide bonds. The van der Waals surface area contributed by atoms with E-state index in [0.717, 1.165) is 55.0 Å². The van der Waals surface area contributed by atoms with Crippen molar-refractivity contribution in [1.29, 1.82) is 0 Å². The first kappa shape index (κ1) is 20.9. The lowest BCUT2D eigenvalue weighted by Gasteiger charge is -2.34. The molecule has 2 aliphatic rings. The van der Waals surface area contributed by atoms with Crippen LogP contribution in [0.25, 0.3) is 0 Å². The zero-order chi connectivity index (χ0) is 17.8. The molecule has 146 valence electrons. The minimum Gasteiger partial charge on any atom is -0.497 e. The molecule has 6 nitrogen and oxygen atoms in total. The van der Waals surface area contributed by atoms with Gasteiger partial charge < -0.3 is 25.0 Å². The Morgan fingerprint density at radius 2 is 1.65 bits per heavy atom. The number of nitrogens with one attached hydrogen (secondary N) is 2. The topological polar surface area (TPSA) is 58.1 Å². The van der Waals surface area contributed by atoms with Gasteiger partial charge in [-0.25, -0.2) is 0 Å². The van der Waals surface area contributed by atoms with Crippen molar-refractivity contribution in [2.75, 3.05) is 39.3 Å². The van der Waals surface area contributed by atoms with Gasteiger partial charge in [-0.05, 0) is 25.2 Å². The van der Waals surface area contributed by atoms with Gasteiger partial charge in [0.05, 0.1) is 14.2 Å². The molecule has 2 fully saturated rings. The Bertz CT molecular complexity index is 595. The van der Waals surface area contributed by atoms with Crippen LogP contribution < -0.4 is 25.0 Å². The van der Waals surface area contributed by atoms with Gasteiger partial charge in [0.1, 0.15) is 11.5 Å². The van der Waals surface area contributed by atoms with Crippen LogP contribution >= 0.6 is 24.0 Å². The molecule has 1 aliphatic carbocycles. The molecule has 2 N–H and O–H groups in total. The van der Waals surface area contributed by atoms with Crippen LogP contribution in [0.3, 0.4) is 0 Å². The maximum Gasteiger partial charge on any atom is 0.191 e. The highest BCUT2D eigenvalue weighted by molar-refractivity contribution is 14.0. The largest absolute Gasteiger partial charge is 0.497 e. The fourth-order valence-electron chi connectivity index (χ4n) is 3.32. The van der Waals surface area contributed by atoms with Crippen LogP contribution in [0.1, 0.15) is 26.2 Å². The fraction of sp³-hybridized carbons (Fsp3) is 0.632. The van der Waals surface area contributed by atoms with E-state index in [0.29, 0.717) is 12.1 Å². The lowest BCUT2D eigenvalue weighted by Crippen LogP contribution is -2.49. The predicted molar refractivity (Wildman–Crippen MR) is 117 cm³/mol. The van der Waals surface area contributed by atoms with Crippen LogP contribution in [0, 0.1) is 5.92 Å². The number of ether oxygens (including phenoxy) is 2. The zero-order valence-corrected chi connectivity index (χ0v) is 18.4. The summed E-state index contributed by atoms with van der Waals surface area (Å²) in [4.78, 5) is 6.76. The van der Waals surface area contributed by atoms with Gasteiger partial charge in [-0.3, -0.25) is 4.99 Å². The molecule has 1 saturated carbocycles. The highest BCUT2D eigenvalue weighted by atomic mass is 127. The molecule has 1 aromatic carbocycles. The number of piperidine rings is 1. The van der Waals surface area contributed by atoms with E-state index in [-0.39, 0.29) is 24.0 Å². The number of guanidine groups is 1. The third kappa shape index (κ3) is 5.31. The Balaban J connectivity index is 0.00000243. The summed E-state index contributed by atoms with van der Waals surface area (Å²) in [5.41, 5.74) is 1.16. The van der Waals surface area contributed by atoms with Crippen LogP contribution in [0.15, 0.2) is 23.2 Å². The van der Waals surface area contributed by atoms with Crippen molar-refractivity contribution in [3.63, 3.8) is 0 Å². The van der Waals surface area contributed by atoms with Crippen LogP contribution in [0.2, 0.25) is 0 Å². The van der Waals surface area contributed by atoms with Gasteiger partial charge >= 0.3 is 0 Å². The summed E-state index contributed by atoms with van der Waals surface area (Å²) in [6, 6.07) is 7.11. The Labute approximate surface area is 173 Å². The second-order valence-electron chi connectivity index (χ2n) is 7.01. The minimum absolute atomic E-state index is 0. The van der Waals surface area contributed by atoms with Crippen molar-refractivity contribution in [2.45, 2.75) is 38.3 Å². The number of hydrogen-bond donors (Lipinski definition) is 2.